The standard InChI is InChI=1S/C15H12F3NO5S/c1-23-9-3-8(16)4-10(5-9)24-14-7-12(17)11(6-13(14)18)15(20)19-25(2,21)22/h3-7H,1-2H3,(H,19,20). The first-order valence-corrected chi connectivity index (χ1v) is 8.52. The van der Waals surface area contributed by atoms with Gasteiger partial charge < -0.3 is 9.47 Å². The molecule has 2 rings (SSSR count). The molecule has 1 amide bonds. The Morgan fingerprint density at radius 2 is 1.64 bits per heavy atom. The molecule has 0 aliphatic carbocycles. The molecule has 0 bridgehead atoms. The Labute approximate surface area is 141 Å². The number of carbonyl (C=O) groups excluding carboxylic acids is 1. The summed E-state index contributed by atoms with van der Waals surface area (Å²) >= 11 is 0. The number of nitrogens with one attached hydrogen (secondary N) is 1. The fourth-order valence-electron chi connectivity index (χ4n) is 1.84. The van der Waals surface area contributed by atoms with E-state index in [1.165, 1.54) is 17.9 Å². The maximum atomic E-state index is 14.0. The molecule has 0 radical (unpaired) electrons. The Morgan fingerprint density at radius 1 is 1.00 bits per heavy atom. The molecular weight excluding hydrogens is 363 g/mol. The van der Waals surface area contributed by atoms with Gasteiger partial charge in [0.2, 0.25) is 10.0 Å². The van der Waals surface area contributed by atoms with Crippen LogP contribution in [0.2, 0.25) is 0 Å². The Kier molecular flexibility index (Phi) is 5.21. The summed E-state index contributed by atoms with van der Waals surface area (Å²) in [4.78, 5) is 11.6. The van der Waals surface area contributed by atoms with E-state index >= 15 is 0 Å². The topological polar surface area (TPSA) is 81.7 Å². The van der Waals surface area contributed by atoms with Crippen LogP contribution in [-0.4, -0.2) is 27.7 Å². The summed E-state index contributed by atoms with van der Waals surface area (Å²) in [6.07, 6.45) is 0.688. The molecule has 0 aliphatic rings. The second kappa shape index (κ2) is 7.01. The lowest BCUT2D eigenvalue weighted by Crippen LogP contribution is -2.30. The predicted molar refractivity (Wildman–Crippen MR) is 81.7 cm³/mol. The second-order valence-electron chi connectivity index (χ2n) is 4.89. The third-order valence-electron chi connectivity index (χ3n) is 2.85. The van der Waals surface area contributed by atoms with Crippen molar-refractivity contribution in [2.75, 3.05) is 13.4 Å². The fourth-order valence-corrected chi connectivity index (χ4v) is 2.29. The van der Waals surface area contributed by atoms with Gasteiger partial charge in [0.25, 0.3) is 5.91 Å². The largest absolute Gasteiger partial charge is 0.497 e. The van der Waals surface area contributed by atoms with Crippen LogP contribution in [-0.2, 0) is 10.0 Å². The number of hydrogen-bond donors (Lipinski definition) is 1. The molecule has 6 nitrogen and oxygen atoms in total. The molecule has 0 spiro atoms. The van der Waals surface area contributed by atoms with Gasteiger partial charge in [-0.1, -0.05) is 0 Å². The Bertz CT molecular complexity index is 931. The van der Waals surface area contributed by atoms with Crippen molar-refractivity contribution in [2.24, 2.45) is 0 Å². The quantitative estimate of drug-likeness (QED) is 0.869. The van der Waals surface area contributed by atoms with Crippen molar-refractivity contribution in [3.63, 3.8) is 0 Å². The Morgan fingerprint density at radius 3 is 2.24 bits per heavy atom. The lowest BCUT2D eigenvalue weighted by molar-refractivity contribution is 0.0977. The van der Waals surface area contributed by atoms with Crippen molar-refractivity contribution in [3.05, 3.63) is 53.3 Å². The summed E-state index contributed by atoms with van der Waals surface area (Å²) < 4.78 is 74.8. The van der Waals surface area contributed by atoms with Gasteiger partial charge in [-0.15, -0.1) is 0 Å². The minimum atomic E-state index is -3.95. The van der Waals surface area contributed by atoms with E-state index in [4.69, 9.17) is 9.47 Å². The summed E-state index contributed by atoms with van der Waals surface area (Å²) in [6, 6.07) is 4.24. The second-order valence-corrected chi connectivity index (χ2v) is 6.64. The van der Waals surface area contributed by atoms with E-state index < -0.39 is 44.7 Å². The number of sulfonamides is 1. The van der Waals surface area contributed by atoms with Gasteiger partial charge in [-0.05, 0) is 6.07 Å². The van der Waals surface area contributed by atoms with Gasteiger partial charge in [0, 0.05) is 24.3 Å². The summed E-state index contributed by atoms with van der Waals surface area (Å²) in [5.41, 5.74) is -0.827. The summed E-state index contributed by atoms with van der Waals surface area (Å²) in [5.74, 6) is -5.12. The molecule has 10 heteroatoms. The monoisotopic (exact) mass is 375 g/mol. The molecule has 0 aliphatic heterocycles. The molecule has 134 valence electrons. The van der Waals surface area contributed by atoms with Crippen LogP contribution < -0.4 is 14.2 Å². The van der Waals surface area contributed by atoms with Crippen molar-refractivity contribution in [1.82, 2.24) is 4.72 Å². The highest BCUT2D eigenvalue weighted by Crippen LogP contribution is 2.30. The molecule has 0 unspecified atom stereocenters. The molecule has 25 heavy (non-hydrogen) atoms. The van der Waals surface area contributed by atoms with Crippen LogP contribution >= 0.6 is 0 Å². The lowest BCUT2D eigenvalue weighted by atomic mass is 10.2. The van der Waals surface area contributed by atoms with E-state index in [1.54, 1.807) is 0 Å². The van der Waals surface area contributed by atoms with Crippen molar-refractivity contribution in [1.29, 1.82) is 0 Å². The number of amides is 1. The number of hydrogen-bond acceptors (Lipinski definition) is 5. The van der Waals surface area contributed by atoms with E-state index in [0.717, 1.165) is 12.1 Å². The summed E-state index contributed by atoms with van der Waals surface area (Å²) in [6.45, 7) is 0. The minimum Gasteiger partial charge on any atom is -0.497 e. The Balaban J connectivity index is 2.34. The highest BCUT2D eigenvalue weighted by molar-refractivity contribution is 7.89. The van der Waals surface area contributed by atoms with E-state index in [9.17, 15) is 26.4 Å². The SMILES string of the molecule is COc1cc(F)cc(Oc2cc(F)c(C(=O)NS(C)(=O)=O)cc2F)c1. The van der Waals surface area contributed by atoms with E-state index in [-0.39, 0.29) is 11.5 Å². The van der Waals surface area contributed by atoms with Crippen LogP contribution in [0.15, 0.2) is 30.3 Å². The third kappa shape index (κ3) is 4.86. The third-order valence-corrected chi connectivity index (χ3v) is 3.41. The normalized spacial score (nSPS) is 11.1. The van der Waals surface area contributed by atoms with Gasteiger partial charge in [0.05, 0.1) is 18.9 Å². The fraction of sp³-hybridized carbons (Fsp3) is 0.133. The summed E-state index contributed by atoms with van der Waals surface area (Å²) in [7, 11) is -2.66. The molecule has 0 atom stereocenters. The molecule has 0 heterocycles. The number of benzene rings is 2. The number of carbonyl (C=O) groups is 1. The minimum absolute atomic E-state index is 0.0973. The van der Waals surface area contributed by atoms with Crippen LogP contribution in [0.1, 0.15) is 10.4 Å². The molecule has 1 N–H and O–H groups in total. The summed E-state index contributed by atoms with van der Waals surface area (Å²) in [5, 5.41) is 0. The molecular formula is C15H12F3NO5S. The van der Waals surface area contributed by atoms with Crippen LogP contribution in [0, 0.1) is 17.5 Å². The average Bonchev–Trinajstić information content (AvgIpc) is 2.48. The van der Waals surface area contributed by atoms with Crippen molar-refractivity contribution < 1.29 is 35.9 Å². The van der Waals surface area contributed by atoms with Crippen LogP contribution in [0.25, 0.3) is 0 Å². The van der Waals surface area contributed by atoms with Crippen LogP contribution in [0.3, 0.4) is 0 Å². The maximum absolute atomic E-state index is 14.0. The van der Waals surface area contributed by atoms with Gasteiger partial charge in [0.15, 0.2) is 11.6 Å². The van der Waals surface area contributed by atoms with Crippen LogP contribution in [0.4, 0.5) is 13.2 Å². The van der Waals surface area contributed by atoms with E-state index in [1.807, 2.05) is 0 Å². The molecule has 0 fully saturated rings. The van der Waals surface area contributed by atoms with Crippen molar-refractivity contribution in [2.45, 2.75) is 0 Å². The van der Waals surface area contributed by atoms with Gasteiger partial charge in [0.1, 0.15) is 23.1 Å². The maximum Gasteiger partial charge on any atom is 0.267 e. The number of halogens is 3. The number of methoxy groups -OCH3 is 1. The zero-order valence-corrected chi connectivity index (χ0v) is 13.8. The van der Waals surface area contributed by atoms with Crippen molar-refractivity contribution in [3.8, 4) is 17.2 Å². The first-order valence-electron chi connectivity index (χ1n) is 6.62. The average molecular weight is 375 g/mol. The smallest absolute Gasteiger partial charge is 0.267 e. The molecule has 2 aromatic rings. The van der Waals surface area contributed by atoms with E-state index in [2.05, 4.69) is 0 Å². The molecule has 0 saturated carbocycles. The Hall–Kier alpha value is -2.75. The highest BCUT2D eigenvalue weighted by atomic mass is 32.2. The van der Waals surface area contributed by atoms with Gasteiger partial charge in [-0.25, -0.2) is 26.3 Å². The molecule has 2 aromatic carbocycles. The van der Waals surface area contributed by atoms with Gasteiger partial charge in [-0.3, -0.25) is 4.79 Å². The predicted octanol–water partition coefficient (Wildman–Crippen LogP) is 2.59. The molecule has 0 saturated heterocycles. The highest BCUT2D eigenvalue weighted by Gasteiger charge is 2.20. The zero-order chi connectivity index (χ0) is 18.8. The van der Waals surface area contributed by atoms with Gasteiger partial charge >= 0.3 is 0 Å². The van der Waals surface area contributed by atoms with Crippen LogP contribution in [0.5, 0.6) is 17.2 Å². The molecule has 0 aromatic heterocycles. The first kappa shape index (κ1) is 18.6. The zero-order valence-electron chi connectivity index (χ0n) is 13.0. The lowest BCUT2D eigenvalue weighted by Gasteiger charge is -2.11. The number of rotatable bonds is 5. The number of ether oxygens (including phenoxy) is 2. The van der Waals surface area contributed by atoms with E-state index in [0.29, 0.717) is 18.4 Å². The van der Waals surface area contributed by atoms with Gasteiger partial charge in [-0.2, -0.15) is 0 Å². The van der Waals surface area contributed by atoms with Crippen molar-refractivity contribution >= 4 is 15.9 Å². The first-order chi connectivity index (χ1) is 11.6.